The Bertz CT molecular complexity index is 819. The lowest BCUT2D eigenvalue weighted by molar-refractivity contribution is 0.235. The van der Waals surface area contributed by atoms with Gasteiger partial charge in [-0.15, -0.1) is 0 Å². The van der Waals surface area contributed by atoms with E-state index in [9.17, 15) is 0 Å². The van der Waals surface area contributed by atoms with E-state index in [1.807, 2.05) is 6.07 Å². The zero-order valence-electron chi connectivity index (χ0n) is 20.0. The minimum Gasteiger partial charge on any atom is -0.316 e. The smallest absolute Gasteiger partial charge is 0.139 e. The van der Waals surface area contributed by atoms with Gasteiger partial charge in [0.05, 0.1) is 5.78 Å². The third-order valence-corrected chi connectivity index (χ3v) is 11.2. The Kier molecular flexibility index (Phi) is 8.99. The van der Waals surface area contributed by atoms with Crippen LogP contribution in [-0.4, -0.2) is 12.2 Å². The highest BCUT2D eigenvalue weighted by Gasteiger charge is 2.48. The Morgan fingerprint density at radius 3 is 2.23 bits per heavy atom. The average molecular weight is 440 g/mol. The van der Waals surface area contributed by atoms with Gasteiger partial charge in [-0.05, 0) is 49.1 Å². The summed E-state index contributed by atoms with van der Waals surface area (Å²) in [6, 6.07) is 21.0. The SMILES string of the molecule is CCCCCN[C@H](c1ccccc1)[P@](=O)(c1ccccc1)C1C[C@H](C)CC[C@H]1C(C)C. The number of unbranched alkanes of at least 4 members (excludes halogenated alkanes) is 2. The quantitative estimate of drug-likeness (QED) is 0.305. The van der Waals surface area contributed by atoms with Crippen molar-refractivity contribution in [3.8, 4) is 0 Å². The average Bonchev–Trinajstić information content (AvgIpc) is 2.79. The highest BCUT2D eigenvalue weighted by atomic mass is 31.2. The van der Waals surface area contributed by atoms with Crippen molar-refractivity contribution >= 4 is 12.4 Å². The molecule has 0 spiro atoms. The number of hydrogen-bond donors (Lipinski definition) is 1. The van der Waals surface area contributed by atoms with E-state index in [1.165, 1.54) is 31.2 Å². The number of nitrogens with one attached hydrogen (secondary N) is 1. The monoisotopic (exact) mass is 439 g/mol. The van der Waals surface area contributed by atoms with Crippen LogP contribution in [0.15, 0.2) is 60.7 Å². The summed E-state index contributed by atoms with van der Waals surface area (Å²) in [6.07, 6.45) is 7.05. The van der Waals surface area contributed by atoms with Crippen molar-refractivity contribution in [3.63, 3.8) is 0 Å². The van der Waals surface area contributed by atoms with Crippen molar-refractivity contribution in [1.29, 1.82) is 0 Å². The predicted molar refractivity (Wildman–Crippen MR) is 136 cm³/mol. The maximum atomic E-state index is 15.5. The van der Waals surface area contributed by atoms with E-state index in [4.69, 9.17) is 0 Å². The third kappa shape index (κ3) is 5.71. The summed E-state index contributed by atoms with van der Waals surface area (Å²) in [7, 11) is -2.79. The maximum absolute atomic E-state index is 15.5. The summed E-state index contributed by atoms with van der Waals surface area (Å²) in [5.74, 6) is 1.56. The van der Waals surface area contributed by atoms with Crippen LogP contribution < -0.4 is 10.6 Å². The van der Waals surface area contributed by atoms with Crippen LogP contribution in [-0.2, 0) is 4.57 Å². The molecular weight excluding hydrogens is 397 g/mol. The topological polar surface area (TPSA) is 29.1 Å². The molecule has 1 aliphatic rings. The van der Waals surface area contributed by atoms with Crippen LogP contribution in [0.5, 0.6) is 0 Å². The lowest BCUT2D eigenvalue weighted by Crippen LogP contribution is -2.39. The molecule has 2 nitrogen and oxygen atoms in total. The third-order valence-electron chi connectivity index (χ3n) is 7.26. The largest absolute Gasteiger partial charge is 0.316 e. The summed E-state index contributed by atoms with van der Waals surface area (Å²) in [5.41, 5.74) is 1.40. The van der Waals surface area contributed by atoms with Gasteiger partial charge in [0.2, 0.25) is 0 Å². The van der Waals surface area contributed by atoms with E-state index in [-0.39, 0.29) is 11.4 Å². The summed E-state index contributed by atoms with van der Waals surface area (Å²) in [4.78, 5) is 0. The van der Waals surface area contributed by atoms with E-state index in [0.717, 1.165) is 24.7 Å². The first-order chi connectivity index (χ1) is 15.0. The summed E-state index contributed by atoms with van der Waals surface area (Å²) >= 11 is 0. The summed E-state index contributed by atoms with van der Waals surface area (Å²) in [5, 5.41) is 4.87. The van der Waals surface area contributed by atoms with Gasteiger partial charge in [0.25, 0.3) is 0 Å². The molecule has 0 radical (unpaired) electrons. The molecule has 0 heterocycles. The van der Waals surface area contributed by atoms with Crippen molar-refractivity contribution in [3.05, 3.63) is 66.2 Å². The highest BCUT2D eigenvalue weighted by Crippen LogP contribution is 2.66. The number of hydrogen-bond acceptors (Lipinski definition) is 2. The second-order valence-corrected chi connectivity index (χ2v) is 13.0. The first-order valence-corrected chi connectivity index (χ1v) is 14.3. The summed E-state index contributed by atoms with van der Waals surface area (Å²) < 4.78 is 15.5. The molecule has 3 heteroatoms. The molecule has 31 heavy (non-hydrogen) atoms. The van der Waals surface area contributed by atoms with Crippen molar-refractivity contribution in [1.82, 2.24) is 5.32 Å². The zero-order chi connectivity index (χ0) is 22.3. The first kappa shape index (κ1) is 24.3. The highest BCUT2D eigenvalue weighted by molar-refractivity contribution is 7.72. The molecule has 1 fully saturated rings. The molecule has 0 amide bonds. The van der Waals surface area contributed by atoms with E-state index in [0.29, 0.717) is 17.8 Å². The van der Waals surface area contributed by atoms with Crippen LogP contribution in [0.1, 0.15) is 77.6 Å². The van der Waals surface area contributed by atoms with Crippen LogP contribution >= 0.6 is 7.14 Å². The molecule has 3 rings (SSSR count). The second-order valence-electron chi connectivity index (χ2n) is 9.91. The fourth-order valence-electron chi connectivity index (χ4n) is 5.51. The molecule has 0 saturated heterocycles. The van der Waals surface area contributed by atoms with Crippen molar-refractivity contribution < 1.29 is 4.57 Å². The molecule has 0 bridgehead atoms. The Hall–Kier alpha value is -1.37. The first-order valence-electron chi connectivity index (χ1n) is 12.4. The van der Waals surface area contributed by atoms with Gasteiger partial charge < -0.3 is 9.88 Å². The van der Waals surface area contributed by atoms with E-state index in [2.05, 4.69) is 87.6 Å². The molecule has 170 valence electrons. The lowest BCUT2D eigenvalue weighted by atomic mass is 9.77. The van der Waals surface area contributed by atoms with Gasteiger partial charge in [0.1, 0.15) is 7.14 Å². The van der Waals surface area contributed by atoms with Crippen molar-refractivity contribution in [2.75, 3.05) is 6.54 Å². The molecule has 5 atom stereocenters. The van der Waals surface area contributed by atoms with Gasteiger partial charge >= 0.3 is 0 Å². The normalized spacial score (nSPS) is 24.6. The van der Waals surface area contributed by atoms with Crippen LogP contribution in [0.3, 0.4) is 0 Å². The molecular formula is C28H42NOP. The molecule has 0 aliphatic heterocycles. The molecule has 2 aromatic rings. The van der Waals surface area contributed by atoms with Gasteiger partial charge in [0, 0.05) is 11.0 Å². The Balaban J connectivity index is 2.11. The minimum atomic E-state index is -2.79. The van der Waals surface area contributed by atoms with Gasteiger partial charge in [-0.1, -0.05) is 108 Å². The van der Waals surface area contributed by atoms with Crippen LogP contribution in [0, 0.1) is 17.8 Å². The van der Waals surface area contributed by atoms with Crippen molar-refractivity contribution in [2.24, 2.45) is 17.8 Å². The van der Waals surface area contributed by atoms with E-state index < -0.39 is 7.14 Å². The number of rotatable bonds is 10. The Morgan fingerprint density at radius 1 is 0.968 bits per heavy atom. The Labute approximate surface area is 190 Å². The van der Waals surface area contributed by atoms with Gasteiger partial charge in [-0.2, -0.15) is 0 Å². The lowest BCUT2D eigenvalue weighted by Gasteiger charge is -2.45. The van der Waals surface area contributed by atoms with E-state index >= 15 is 4.57 Å². The second kappa shape index (κ2) is 11.5. The molecule has 1 unspecified atom stereocenters. The van der Waals surface area contributed by atoms with Crippen molar-refractivity contribution in [2.45, 2.75) is 77.7 Å². The zero-order valence-corrected chi connectivity index (χ0v) is 20.9. The molecule has 1 saturated carbocycles. The van der Waals surface area contributed by atoms with Gasteiger partial charge in [0.15, 0.2) is 0 Å². The standard InChI is InChI=1S/C28H42NOP/c1-5-6-13-20-29-28(24-14-9-7-10-15-24)31(30,25-16-11-8-12-17-25)27-21-23(4)18-19-26(27)22(2)3/h7-12,14-17,22-23,26-29H,5-6,13,18-21H2,1-4H3/t23-,26+,27?,28+,31+/m1/s1. The van der Waals surface area contributed by atoms with Crippen LogP contribution in [0.2, 0.25) is 0 Å². The maximum Gasteiger partial charge on any atom is 0.139 e. The van der Waals surface area contributed by atoms with E-state index in [1.54, 1.807) is 0 Å². The Morgan fingerprint density at radius 2 is 1.61 bits per heavy atom. The van der Waals surface area contributed by atoms with Crippen LogP contribution in [0.25, 0.3) is 0 Å². The number of benzene rings is 2. The van der Waals surface area contributed by atoms with Crippen LogP contribution in [0.4, 0.5) is 0 Å². The fraction of sp³-hybridized carbons (Fsp3) is 0.571. The molecule has 1 aliphatic carbocycles. The fourth-order valence-corrected chi connectivity index (χ4v) is 9.96. The minimum absolute atomic E-state index is 0.121. The molecule has 0 aromatic heterocycles. The molecule has 2 aromatic carbocycles. The summed E-state index contributed by atoms with van der Waals surface area (Å²) in [6.45, 7) is 10.2. The van der Waals surface area contributed by atoms with Gasteiger partial charge in [-0.25, -0.2) is 0 Å². The van der Waals surface area contributed by atoms with Gasteiger partial charge in [-0.3, -0.25) is 0 Å². The predicted octanol–water partition coefficient (Wildman–Crippen LogP) is 7.61. The molecule has 1 N–H and O–H groups in total.